The van der Waals surface area contributed by atoms with Crippen LogP contribution in [0.2, 0.25) is 0 Å². The van der Waals surface area contributed by atoms with Gasteiger partial charge in [0.1, 0.15) is 11.3 Å². The maximum absolute atomic E-state index is 13.0. The van der Waals surface area contributed by atoms with Crippen LogP contribution in [0.15, 0.2) is 40.6 Å². The van der Waals surface area contributed by atoms with Crippen LogP contribution in [0.5, 0.6) is 5.75 Å². The molecule has 7 heteroatoms. The zero-order valence-corrected chi connectivity index (χ0v) is 16.9. The monoisotopic (exact) mass is 397 g/mol. The van der Waals surface area contributed by atoms with Crippen molar-refractivity contribution in [2.24, 2.45) is 5.92 Å². The number of hydrogen-bond acceptors (Lipinski definition) is 5. The Kier molecular flexibility index (Phi) is 5.17. The second-order valence-electron chi connectivity index (χ2n) is 7.31. The summed E-state index contributed by atoms with van der Waals surface area (Å²) in [6, 6.07) is 7.94. The SMILES string of the molecule is Cc1ccccc1OC[C@@H]1CCCN(C(=O)c2cnc3scc(C)n3c2=O)C1. The van der Waals surface area contributed by atoms with E-state index in [9.17, 15) is 9.59 Å². The number of aromatic nitrogens is 2. The molecule has 0 unspecified atom stereocenters. The second kappa shape index (κ2) is 7.75. The maximum Gasteiger partial charge on any atom is 0.271 e. The smallest absolute Gasteiger partial charge is 0.271 e. The minimum atomic E-state index is -0.285. The number of thiazole rings is 1. The zero-order chi connectivity index (χ0) is 19.7. The number of likely N-dealkylation sites (tertiary alicyclic amines) is 1. The van der Waals surface area contributed by atoms with Gasteiger partial charge in [-0.25, -0.2) is 4.98 Å². The summed E-state index contributed by atoms with van der Waals surface area (Å²) in [6.07, 6.45) is 3.33. The summed E-state index contributed by atoms with van der Waals surface area (Å²) in [5.41, 5.74) is 1.76. The molecule has 0 spiro atoms. The van der Waals surface area contributed by atoms with E-state index in [1.54, 1.807) is 4.90 Å². The average molecular weight is 398 g/mol. The molecule has 1 saturated heterocycles. The van der Waals surface area contributed by atoms with Crippen LogP contribution >= 0.6 is 11.3 Å². The summed E-state index contributed by atoms with van der Waals surface area (Å²) in [5.74, 6) is 0.893. The number of amides is 1. The van der Waals surface area contributed by atoms with Crippen LogP contribution in [-0.4, -0.2) is 39.9 Å². The van der Waals surface area contributed by atoms with Crippen LogP contribution in [0.1, 0.15) is 34.5 Å². The Morgan fingerprint density at radius 2 is 2.14 bits per heavy atom. The molecule has 1 aliphatic heterocycles. The number of aryl methyl sites for hydroxylation is 2. The molecule has 4 rings (SSSR count). The molecule has 0 aliphatic carbocycles. The molecule has 1 amide bonds. The lowest BCUT2D eigenvalue weighted by Gasteiger charge is -2.32. The molecule has 1 atom stereocenters. The Labute approximate surface area is 167 Å². The van der Waals surface area contributed by atoms with Gasteiger partial charge in [-0.05, 0) is 38.3 Å². The van der Waals surface area contributed by atoms with Crippen molar-refractivity contribution < 1.29 is 9.53 Å². The van der Waals surface area contributed by atoms with Crippen molar-refractivity contribution in [3.63, 3.8) is 0 Å². The van der Waals surface area contributed by atoms with Gasteiger partial charge in [0.25, 0.3) is 11.5 Å². The van der Waals surface area contributed by atoms with Gasteiger partial charge in [0.2, 0.25) is 0 Å². The first kappa shape index (κ1) is 18.7. The number of rotatable bonds is 4. The third kappa shape index (κ3) is 3.54. The fourth-order valence-corrected chi connectivity index (χ4v) is 4.48. The summed E-state index contributed by atoms with van der Waals surface area (Å²) in [5, 5.41) is 1.87. The predicted molar refractivity (Wildman–Crippen MR) is 109 cm³/mol. The Bertz CT molecular complexity index is 1070. The zero-order valence-electron chi connectivity index (χ0n) is 16.1. The number of hydrogen-bond donors (Lipinski definition) is 0. The highest BCUT2D eigenvalue weighted by Gasteiger charge is 2.27. The van der Waals surface area contributed by atoms with Gasteiger partial charge < -0.3 is 9.64 Å². The molecule has 6 nitrogen and oxygen atoms in total. The fourth-order valence-electron chi connectivity index (χ4n) is 3.65. The van der Waals surface area contributed by atoms with Crippen molar-refractivity contribution in [1.82, 2.24) is 14.3 Å². The highest BCUT2D eigenvalue weighted by atomic mass is 32.1. The number of carbonyl (C=O) groups excluding carboxylic acids is 1. The molecule has 1 aromatic carbocycles. The minimum Gasteiger partial charge on any atom is -0.493 e. The van der Waals surface area contributed by atoms with Gasteiger partial charge in [0.05, 0.1) is 6.61 Å². The minimum absolute atomic E-state index is 0.138. The first-order valence-corrected chi connectivity index (χ1v) is 10.4. The summed E-state index contributed by atoms with van der Waals surface area (Å²) >= 11 is 1.40. The number of ether oxygens (including phenoxy) is 1. The van der Waals surface area contributed by atoms with Crippen molar-refractivity contribution in [3.05, 3.63) is 63.0 Å². The number of piperidine rings is 1. The normalized spacial score (nSPS) is 17.1. The molecule has 0 N–H and O–H groups in total. The highest BCUT2D eigenvalue weighted by molar-refractivity contribution is 7.15. The molecule has 0 radical (unpaired) electrons. The van der Waals surface area contributed by atoms with E-state index in [4.69, 9.17) is 4.74 Å². The van der Waals surface area contributed by atoms with E-state index in [2.05, 4.69) is 4.98 Å². The van der Waals surface area contributed by atoms with Crippen molar-refractivity contribution in [2.75, 3.05) is 19.7 Å². The Hall–Kier alpha value is -2.67. The molecule has 3 aromatic rings. The molecular formula is C21H23N3O3S. The van der Waals surface area contributed by atoms with Crippen molar-refractivity contribution in [3.8, 4) is 5.75 Å². The van der Waals surface area contributed by atoms with Gasteiger partial charge in [0.15, 0.2) is 4.96 Å². The highest BCUT2D eigenvalue weighted by Crippen LogP contribution is 2.22. The first-order valence-electron chi connectivity index (χ1n) is 9.48. The molecule has 0 saturated carbocycles. The Morgan fingerprint density at radius 3 is 2.96 bits per heavy atom. The number of carbonyl (C=O) groups is 1. The largest absolute Gasteiger partial charge is 0.493 e. The van der Waals surface area contributed by atoms with Gasteiger partial charge in [-0.1, -0.05) is 18.2 Å². The molecule has 146 valence electrons. The summed E-state index contributed by atoms with van der Waals surface area (Å²) in [4.78, 5) is 32.5. The lowest BCUT2D eigenvalue weighted by molar-refractivity contribution is 0.0630. The van der Waals surface area contributed by atoms with Gasteiger partial charge in [-0.3, -0.25) is 14.0 Å². The average Bonchev–Trinajstić information content (AvgIpc) is 3.09. The standard InChI is InChI=1S/C21H23N3O3S/c1-14-6-3-4-8-18(14)27-12-16-7-5-9-23(11-16)19(25)17-10-22-21-24(20(17)26)15(2)13-28-21/h3-4,6,8,10,13,16H,5,7,9,11-12H2,1-2H3/t16-/m1/s1. The third-order valence-corrected chi connectivity index (χ3v) is 6.18. The summed E-state index contributed by atoms with van der Waals surface area (Å²) in [6.45, 7) is 5.68. The van der Waals surface area contributed by atoms with Gasteiger partial charge >= 0.3 is 0 Å². The second-order valence-corrected chi connectivity index (χ2v) is 8.14. The van der Waals surface area contributed by atoms with Crippen LogP contribution in [-0.2, 0) is 0 Å². The Balaban J connectivity index is 1.48. The van der Waals surface area contributed by atoms with Crippen LogP contribution < -0.4 is 10.3 Å². The number of nitrogens with zero attached hydrogens (tertiary/aromatic N) is 3. The van der Waals surface area contributed by atoms with E-state index >= 15 is 0 Å². The number of benzene rings is 1. The van der Waals surface area contributed by atoms with Crippen LogP contribution in [0, 0.1) is 19.8 Å². The lowest BCUT2D eigenvalue weighted by atomic mass is 9.98. The summed E-state index contributed by atoms with van der Waals surface area (Å²) < 4.78 is 7.50. The first-order chi connectivity index (χ1) is 13.5. The molecule has 1 fully saturated rings. The van der Waals surface area contributed by atoms with Crippen LogP contribution in [0.3, 0.4) is 0 Å². The topological polar surface area (TPSA) is 63.9 Å². The van der Waals surface area contributed by atoms with Crippen LogP contribution in [0.4, 0.5) is 0 Å². The predicted octanol–water partition coefficient (Wildman–Crippen LogP) is 3.30. The van der Waals surface area contributed by atoms with Crippen LogP contribution in [0.25, 0.3) is 4.96 Å². The summed E-state index contributed by atoms with van der Waals surface area (Å²) in [7, 11) is 0. The molecule has 28 heavy (non-hydrogen) atoms. The van der Waals surface area contributed by atoms with Gasteiger partial charge in [-0.2, -0.15) is 0 Å². The van der Waals surface area contributed by atoms with Gasteiger partial charge in [0, 0.05) is 36.3 Å². The van der Waals surface area contributed by atoms with E-state index in [1.165, 1.54) is 21.9 Å². The Morgan fingerprint density at radius 1 is 1.32 bits per heavy atom. The van der Waals surface area contributed by atoms with Gasteiger partial charge in [-0.15, -0.1) is 11.3 Å². The lowest BCUT2D eigenvalue weighted by Crippen LogP contribution is -2.43. The maximum atomic E-state index is 13.0. The van der Waals surface area contributed by atoms with Crippen molar-refractivity contribution >= 4 is 22.2 Å². The fraction of sp³-hybridized carbons (Fsp3) is 0.381. The van der Waals surface area contributed by atoms with E-state index < -0.39 is 0 Å². The molecular weight excluding hydrogens is 374 g/mol. The van der Waals surface area contributed by atoms with E-state index in [0.29, 0.717) is 24.7 Å². The number of para-hydroxylation sites is 1. The third-order valence-electron chi connectivity index (χ3n) is 5.22. The van der Waals surface area contributed by atoms with E-state index in [0.717, 1.165) is 29.8 Å². The molecule has 1 aliphatic rings. The molecule has 0 bridgehead atoms. The molecule has 3 heterocycles. The van der Waals surface area contributed by atoms with Crippen molar-refractivity contribution in [2.45, 2.75) is 26.7 Å². The van der Waals surface area contributed by atoms with Crippen molar-refractivity contribution in [1.29, 1.82) is 0 Å². The molecule has 2 aromatic heterocycles. The van der Waals surface area contributed by atoms with E-state index in [-0.39, 0.29) is 22.9 Å². The van der Waals surface area contributed by atoms with E-state index in [1.807, 2.05) is 43.5 Å². The quantitative estimate of drug-likeness (QED) is 0.678. The number of fused-ring (bicyclic) bond motifs is 1.